The third kappa shape index (κ3) is 2.24. The van der Waals surface area contributed by atoms with Gasteiger partial charge in [-0.2, -0.15) is 0 Å². The summed E-state index contributed by atoms with van der Waals surface area (Å²) in [5, 5.41) is 3.92. The number of imide groups is 1. The van der Waals surface area contributed by atoms with Crippen molar-refractivity contribution >= 4 is 35.1 Å². The highest BCUT2D eigenvalue weighted by Gasteiger charge is 2.77. The molecule has 4 atom stereocenters. The Morgan fingerprint density at radius 2 is 1.69 bits per heavy atom. The first-order valence-electron chi connectivity index (χ1n) is 9.51. The number of carbonyl (C=O) groups excluding carboxylic acids is 3. The largest absolute Gasteiger partial charge is 0.468 e. The van der Waals surface area contributed by atoms with Crippen LogP contribution in [0.3, 0.4) is 0 Å². The summed E-state index contributed by atoms with van der Waals surface area (Å²) in [5.74, 6) is -2.67. The predicted octanol–water partition coefficient (Wildman–Crippen LogP) is 2.65. The summed E-state index contributed by atoms with van der Waals surface area (Å²) in [6, 6.07) is 16.1. The Kier molecular flexibility index (Phi) is 3.89. The second-order valence-corrected chi connectivity index (χ2v) is 8.31. The van der Waals surface area contributed by atoms with E-state index >= 15 is 0 Å². The van der Waals surface area contributed by atoms with E-state index in [2.05, 4.69) is 5.32 Å². The lowest BCUT2D eigenvalue weighted by Crippen LogP contribution is -2.54. The number of esters is 1. The average Bonchev–Trinajstić information content (AvgIpc) is 3.37. The van der Waals surface area contributed by atoms with Crippen molar-refractivity contribution in [3.8, 4) is 0 Å². The van der Waals surface area contributed by atoms with Crippen molar-refractivity contribution in [1.82, 2.24) is 5.32 Å². The molecule has 2 aromatic carbocycles. The van der Waals surface area contributed by atoms with Crippen LogP contribution in [0, 0.1) is 11.8 Å². The maximum Gasteiger partial charge on any atom is 0.326 e. The van der Waals surface area contributed by atoms with Gasteiger partial charge in [-0.15, -0.1) is 0 Å². The van der Waals surface area contributed by atoms with E-state index in [1.807, 2.05) is 30.3 Å². The smallest absolute Gasteiger partial charge is 0.326 e. The van der Waals surface area contributed by atoms with Gasteiger partial charge in [0.1, 0.15) is 5.54 Å². The first-order valence-corrected chi connectivity index (χ1v) is 9.89. The number of benzene rings is 2. The molecule has 0 radical (unpaired) electrons. The minimum absolute atomic E-state index is 0.302. The van der Waals surface area contributed by atoms with E-state index in [0.717, 1.165) is 5.56 Å². The highest BCUT2D eigenvalue weighted by atomic mass is 35.5. The highest BCUT2D eigenvalue weighted by Crippen LogP contribution is 2.61. The Balaban J connectivity index is 1.68. The van der Waals surface area contributed by atoms with Gasteiger partial charge in [0.25, 0.3) is 0 Å². The second-order valence-electron chi connectivity index (χ2n) is 7.87. The van der Waals surface area contributed by atoms with E-state index in [1.54, 1.807) is 24.3 Å². The number of nitrogens with one attached hydrogen (secondary N) is 1. The van der Waals surface area contributed by atoms with Gasteiger partial charge in [0.15, 0.2) is 0 Å². The Hall–Kier alpha value is -2.70. The van der Waals surface area contributed by atoms with Crippen LogP contribution in [0.2, 0.25) is 5.02 Å². The molecule has 29 heavy (non-hydrogen) atoms. The molecule has 1 N–H and O–H groups in total. The average molecular weight is 411 g/mol. The van der Waals surface area contributed by atoms with E-state index < -0.39 is 28.9 Å². The number of halogens is 1. The van der Waals surface area contributed by atoms with Crippen LogP contribution in [0.15, 0.2) is 54.6 Å². The molecule has 5 rings (SSSR count). The minimum Gasteiger partial charge on any atom is -0.468 e. The molecule has 0 unspecified atom stereocenters. The fraction of sp³-hybridized carbons (Fsp3) is 0.318. The number of ether oxygens (including phenoxy) is 1. The molecule has 2 aromatic rings. The topological polar surface area (TPSA) is 75.7 Å². The highest BCUT2D eigenvalue weighted by molar-refractivity contribution is 6.31. The van der Waals surface area contributed by atoms with E-state index in [9.17, 15) is 14.4 Å². The minimum atomic E-state index is -1.21. The molecule has 3 heterocycles. The summed E-state index contributed by atoms with van der Waals surface area (Å²) in [6.45, 7) is 0. The van der Waals surface area contributed by atoms with Crippen molar-refractivity contribution in [2.24, 2.45) is 11.8 Å². The Morgan fingerprint density at radius 3 is 2.34 bits per heavy atom. The molecule has 0 spiro atoms. The van der Waals surface area contributed by atoms with Crippen LogP contribution in [0.5, 0.6) is 0 Å². The van der Waals surface area contributed by atoms with Gasteiger partial charge in [-0.3, -0.25) is 19.7 Å². The van der Waals surface area contributed by atoms with Gasteiger partial charge in [-0.25, -0.2) is 4.90 Å². The van der Waals surface area contributed by atoms with Crippen LogP contribution in [0.4, 0.5) is 5.69 Å². The first kappa shape index (κ1) is 18.3. The second kappa shape index (κ2) is 6.15. The van der Waals surface area contributed by atoms with Crippen LogP contribution >= 0.6 is 11.6 Å². The van der Waals surface area contributed by atoms with E-state index in [0.29, 0.717) is 23.6 Å². The number of fused-ring (bicyclic) bond motifs is 5. The van der Waals surface area contributed by atoms with Crippen molar-refractivity contribution in [2.45, 2.75) is 23.9 Å². The zero-order chi connectivity index (χ0) is 20.4. The molecule has 6 nitrogen and oxygen atoms in total. The van der Waals surface area contributed by atoms with Crippen LogP contribution in [-0.4, -0.2) is 30.4 Å². The maximum absolute atomic E-state index is 13.6. The van der Waals surface area contributed by atoms with E-state index in [4.69, 9.17) is 16.3 Å². The number of hydrogen-bond donors (Lipinski definition) is 1. The van der Waals surface area contributed by atoms with Crippen LogP contribution in [-0.2, 0) is 24.7 Å². The lowest BCUT2D eigenvalue weighted by Gasteiger charge is -2.33. The number of amides is 2. The summed E-state index contributed by atoms with van der Waals surface area (Å²) in [4.78, 5) is 41.1. The lowest BCUT2D eigenvalue weighted by atomic mass is 9.65. The van der Waals surface area contributed by atoms with E-state index in [1.165, 1.54) is 12.0 Å². The van der Waals surface area contributed by atoms with Crippen molar-refractivity contribution in [2.75, 3.05) is 12.0 Å². The monoisotopic (exact) mass is 410 g/mol. The van der Waals surface area contributed by atoms with Gasteiger partial charge in [0.05, 0.1) is 30.2 Å². The van der Waals surface area contributed by atoms with Crippen LogP contribution in [0.25, 0.3) is 0 Å². The molecule has 3 aliphatic heterocycles. The summed E-state index contributed by atoms with van der Waals surface area (Å²) >= 11 is 5.97. The quantitative estimate of drug-likeness (QED) is 0.622. The van der Waals surface area contributed by atoms with Gasteiger partial charge >= 0.3 is 5.97 Å². The normalized spacial score (nSPS) is 32.6. The molecule has 2 bridgehead atoms. The van der Waals surface area contributed by atoms with Gasteiger partial charge in [-0.1, -0.05) is 41.9 Å². The zero-order valence-corrected chi connectivity index (χ0v) is 16.5. The number of methoxy groups -OCH3 is 1. The third-order valence-electron chi connectivity index (χ3n) is 6.65. The zero-order valence-electron chi connectivity index (χ0n) is 15.7. The summed E-state index contributed by atoms with van der Waals surface area (Å²) < 4.78 is 5.08. The fourth-order valence-electron chi connectivity index (χ4n) is 5.48. The summed E-state index contributed by atoms with van der Waals surface area (Å²) in [5.41, 5.74) is -0.629. The number of nitrogens with zero attached hydrogens (tertiary/aromatic N) is 1. The standard InChI is InChI=1S/C22H19ClN2O4/c1-29-20(28)22-12-11-21(24-22,13-5-3-2-4-6-13)16-17(22)19(27)25(18(16)26)15-9-7-14(23)8-10-15/h2-10,16-17,24H,11-12H2,1H3/t16-,17+,21+,22+/m0/s1. The van der Waals surface area contributed by atoms with Crippen molar-refractivity contribution in [1.29, 1.82) is 0 Å². The molecule has 3 saturated heterocycles. The molecule has 7 heteroatoms. The summed E-state index contributed by atoms with van der Waals surface area (Å²) in [7, 11) is 1.31. The number of carbonyl (C=O) groups is 3. The molecule has 3 aliphatic rings. The third-order valence-corrected chi connectivity index (χ3v) is 6.90. The van der Waals surface area contributed by atoms with Crippen LogP contribution < -0.4 is 10.2 Å². The van der Waals surface area contributed by atoms with Gasteiger partial charge in [0.2, 0.25) is 11.8 Å². The van der Waals surface area contributed by atoms with Crippen LogP contribution in [0.1, 0.15) is 18.4 Å². The SMILES string of the molecule is COC(=O)[C@]12CC[C@](c3ccccc3)(N1)[C@@H]1C(=O)N(c3ccc(Cl)cc3)C(=O)[C@@H]12. The molecular formula is C22H19ClN2O4. The molecule has 2 amide bonds. The first-order chi connectivity index (χ1) is 13.9. The van der Waals surface area contributed by atoms with E-state index in [-0.39, 0.29) is 11.8 Å². The predicted molar refractivity (Wildman–Crippen MR) is 106 cm³/mol. The number of anilines is 1. The maximum atomic E-state index is 13.6. The molecular weight excluding hydrogens is 392 g/mol. The number of hydrogen-bond acceptors (Lipinski definition) is 5. The van der Waals surface area contributed by atoms with Gasteiger partial charge in [-0.05, 0) is 42.7 Å². The molecule has 3 fully saturated rings. The Bertz CT molecular complexity index is 1020. The van der Waals surface area contributed by atoms with Gasteiger partial charge < -0.3 is 4.74 Å². The Labute approximate surface area is 172 Å². The summed E-state index contributed by atoms with van der Waals surface area (Å²) in [6.07, 6.45) is 1.00. The van der Waals surface area contributed by atoms with Crippen molar-refractivity contribution < 1.29 is 19.1 Å². The molecule has 148 valence electrons. The van der Waals surface area contributed by atoms with Crippen molar-refractivity contribution in [3.05, 3.63) is 65.2 Å². The van der Waals surface area contributed by atoms with Gasteiger partial charge in [0, 0.05) is 5.02 Å². The Morgan fingerprint density at radius 1 is 1.03 bits per heavy atom. The number of rotatable bonds is 3. The molecule has 0 aliphatic carbocycles. The molecule has 0 aromatic heterocycles. The molecule has 0 saturated carbocycles. The fourth-order valence-corrected chi connectivity index (χ4v) is 5.61. The lowest BCUT2D eigenvalue weighted by molar-refractivity contribution is -0.152. The van der Waals surface area contributed by atoms with Crippen molar-refractivity contribution in [3.63, 3.8) is 0 Å².